The van der Waals surface area contributed by atoms with E-state index in [4.69, 9.17) is 15.2 Å². The van der Waals surface area contributed by atoms with E-state index in [1.54, 1.807) is 0 Å². The highest BCUT2D eigenvalue weighted by molar-refractivity contribution is 5.45. The highest BCUT2D eigenvalue weighted by Gasteiger charge is 2.24. The lowest BCUT2D eigenvalue weighted by atomic mass is 9.97. The summed E-state index contributed by atoms with van der Waals surface area (Å²) in [6, 6.07) is 6.67. The highest BCUT2D eigenvalue weighted by Crippen LogP contribution is 2.38. The van der Waals surface area contributed by atoms with E-state index in [2.05, 4.69) is 12.1 Å². The first-order valence-electron chi connectivity index (χ1n) is 5.98. The molecule has 3 rings (SSSR count). The summed E-state index contributed by atoms with van der Waals surface area (Å²) in [7, 11) is 0. The lowest BCUT2D eigenvalue weighted by molar-refractivity contribution is 0.171. The summed E-state index contributed by atoms with van der Waals surface area (Å²) in [5, 5.41) is 0. The van der Waals surface area contributed by atoms with Gasteiger partial charge in [-0.3, -0.25) is 0 Å². The molecule has 0 spiro atoms. The first-order valence-corrected chi connectivity index (χ1v) is 5.98. The Labute approximate surface area is 95.5 Å². The van der Waals surface area contributed by atoms with E-state index in [0.29, 0.717) is 25.2 Å². The highest BCUT2D eigenvalue weighted by atomic mass is 16.6. The zero-order valence-electron chi connectivity index (χ0n) is 9.32. The van der Waals surface area contributed by atoms with Gasteiger partial charge in [-0.25, -0.2) is 0 Å². The van der Waals surface area contributed by atoms with Crippen molar-refractivity contribution in [1.29, 1.82) is 0 Å². The van der Waals surface area contributed by atoms with Gasteiger partial charge in [0.2, 0.25) is 0 Å². The van der Waals surface area contributed by atoms with Crippen LogP contribution in [0.15, 0.2) is 18.2 Å². The van der Waals surface area contributed by atoms with Gasteiger partial charge in [0.25, 0.3) is 0 Å². The Morgan fingerprint density at radius 2 is 1.88 bits per heavy atom. The number of ether oxygens (including phenoxy) is 2. The molecule has 1 heterocycles. The number of hydrogen-bond acceptors (Lipinski definition) is 3. The van der Waals surface area contributed by atoms with E-state index in [9.17, 15) is 0 Å². The molecule has 3 heteroatoms. The fourth-order valence-electron chi connectivity index (χ4n) is 2.63. The molecule has 86 valence electrons. The van der Waals surface area contributed by atoms with Crippen LogP contribution in [0.3, 0.4) is 0 Å². The molecule has 1 aromatic carbocycles. The van der Waals surface area contributed by atoms with Crippen LogP contribution in [0.4, 0.5) is 0 Å². The molecule has 3 nitrogen and oxygen atoms in total. The number of rotatable bonds is 1. The van der Waals surface area contributed by atoms with Gasteiger partial charge < -0.3 is 15.2 Å². The van der Waals surface area contributed by atoms with E-state index < -0.39 is 0 Å². The average molecular weight is 219 g/mol. The molecule has 2 aliphatic rings. The quantitative estimate of drug-likeness (QED) is 0.786. The maximum absolute atomic E-state index is 5.94. The molecule has 0 amide bonds. The van der Waals surface area contributed by atoms with Crippen LogP contribution in [0.2, 0.25) is 0 Å². The van der Waals surface area contributed by atoms with Crippen molar-refractivity contribution >= 4 is 0 Å². The molecule has 0 aromatic heterocycles. The molecule has 1 aliphatic heterocycles. The van der Waals surface area contributed by atoms with E-state index in [1.807, 2.05) is 6.07 Å². The lowest BCUT2D eigenvalue weighted by Gasteiger charge is -2.20. The number of benzene rings is 1. The third kappa shape index (κ3) is 1.76. The van der Waals surface area contributed by atoms with Gasteiger partial charge in [-0.2, -0.15) is 0 Å². The van der Waals surface area contributed by atoms with Crippen molar-refractivity contribution in [3.05, 3.63) is 23.8 Å². The lowest BCUT2D eigenvalue weighted by Crippen LogP contribution is -2.16. The first kappa shape index (κ1) is 9.97. The summed E-state index contributed by atoms with van der Waals surface area (Å²) in [6.45, 7) is 1.31. The molecular formula is C13H17NO2. The van der Waals surface area contributed by atoms with Crippen LogP contribution in [0, 0.1) is 0 Å². The Hall–Kier alpha value is -1.22. The second kappa shape index (κ2) is 3.98. The molecule has 1 fully saturated rings. The Kier molecular flexibility index (Phi) is 2.48. The van der Waals surface area contributed by atoms with Crippen molar-refractivity contribution in [2.24, 2.45) is 5.73 Å². The largest absolute Gasteiger partial charge is 0.486 e. The monoisotopic (exact) mass is 219 g/mol. The summed E-state index contributed by atoms with van der Waals surface area (Å²) >= 11 is 0. The number of hydrogen-bond donors (Lipinski definition) is 1. The van der Waals surface area contributed by atoms with Crippen molar-refractivity contribution in [3.63, 3.8) is 0 Å². The van der Waals surface area contributed by atoms with Gasteiger partial charge in [0.15, 0.2) is 11.5 Å². The molecule has 16 heavy (non-hydrogen) atoms. The number of fused-ring (bicyclic) bond motifs is 1. The Bertz CT molecular complexity index is 392. The van der Waals surface area contributed by atoms with Gasteiger partial charge in [0.05, 0.1) is 0 Å². The van der Waals surface area contributed by atoms with Crippen LogP contribution in [0.5, 0.6) is 11.5 Å². The topological polar surface area (TPSA) is 44.5 Å². The number of nitrogens with two attached hydrogens (primary N) is 1. The second-order valence-corrected chi connectivity index (χ2v) is 4.67. The van der Waals surface area contributed by atoms with Gasteiger partial charge in [0.1, 0.15) is 13.2 Å². The van der Waals surface area contributed by atoms with Crippen molar-refractivity contribution in [3.8, 4) is 11.5 Å². The Morgan fingerprint density at radius 3 is 2.62 bits per heavy atom. The molecule has 0 bridgehead atoms. The fraction of sp³-hybridized carbons (Fsp3) is 0.538. The Balaban J connectivity index is 1.85. The first-order chi connectivity index (χ1) is 7.83. The van der Waals surface area contributed by atoms with E-state index in [0.717, 1.165) is 24.3 Å². The zero-order chi connectivity index (χ0) is 11.0. The third-order valence-corrected chi connectivity index (χ3v) is 3.51. The zero-order valence-corrected chi connectivity index (χ0v) is 9.32. The van der Waals surface area contributed by atoms with Crippen LogP contribution < -0.4 is 15.2 Å². The Morgan fingerprint density at radius 1 is 1.06 bits per heavy atom. The second-order valence-electron chi connectivity index (χ2n) is 4.67. The standard InChI is InChI=1S/C13H17NO2/c14-11-3-1-9(7-11)10-2-4-12-13(8-10)16-6-5-15-12/h2,4,8-9,11H,1,3,5-7,14H2. The normalized spacial score (nSPS) is 28.1. The molecule has 1 aliphatic carbocycles. The summed E-state index contributed by atoms with van der Waals surface area (Å²) in [5.74, 6) is 2.37. The third-order valence-electron chi connectivity index (χ3n) is 3.51. The minimum atomic E-state index is 0.373. The SMILES string of the molecule is NC1CCC(c2ccc3c(c2)OCCO3)C1. The van der Waals surface area contributed by atoms with Crippen LogP contribution in [0.1, 0.15) is 30.7 Å². The molecule has 2 atom stereocenters. The van der Waals surface area contributed by atoms with Crippen molar-refractivity contribution in [1.82, 2.24) is 0 Å². The van der Waals surface area contributed by atoms with Crippen molar-refractivity contribution in [2.45, 2.75) is 31.2 Å². The van der Waals surface area contributed by atoms with E-state index >= 15 is 0 Å². The minimum Gasteiger partial charge on any atom is -0.486 e. The molecule has 2 N–H and O–H groups in total. The van der Waals surface area contributed by atoms with Crippen molar-refractivity contribution in [2.75, 3.05) is 13.2 Å². The van der Waals surface area contributed by atoms with Gasteiger partial charge in [-0.05, 0) is 42.9 Å². The maximum Gasteiger partial charge on any atom is 0.161 e. The molecule has 0 saturated heterocycles. The molecule has 1 aromatic rings. The van der Waals surface area contributed by atoms with Crippen molar-refractivity contribution < 1.29 is 9.47 Å². The summed E-state index contributed by atoms with van der Waals surface area (Å²) in [6.07, 6.45) is 3.43. The molecule has 0 radical (unpaired) electrons. The molecule has 1 saturated carbocycles. The summed E-state index contributed by atoms with van der Waals surface area (Å²) in [4.78, 5) is 0. The van der Waals surface area contributed by atoms with Gasteiger partial charge in [0, 0.05) is 6.04 Å². The van der Waals surface area contributed by atoms with Crippen LogP contribution in [-0.4, -0.2) is 19.3 Å². The van der Waals surface area contributed by atoms with Crippen LogP contribution >= 0.6 is 0 Å². The maximum atomic E-state index is 5.94. The minimum absolute atomic E-state index is 0.373. The fourth-order valence-corrected chi connectivity index (χ4v) is 2.63. The van der Waals surface area contributed by atoms with Gasteiger partial charge in [-0.15, -0.1) is 0 Å². The van der Waals surface area contributed by atoms with Gasteiger partial charge >= 0.3 is 0 Å². The predicted molar refractivity (Wildman–Crippen MR) is 62.0 cm³/mol. The average Bonchev–Trinajstić information content (AvgIpc) is 2.75. The van der Waals surface area contributed by atoms with Crippen LogP contribution in [0.25, 0.3) is 0 Å². The predicted octanol–water partition coefficient (Wildman–Crippen LogP) is 2.05. The van der Waals surface area contributed by atoms with Gasteiger partial charge in [-0.1, -0.05) is 6.07 Å². The molecular weight excluding hydrogens is 202 g/mol. The smallest absolute Gasteiger partial charge is 0.161 e. The summed E-state index contributed by atoms with van der Waals surface area (Å²) < 4.78 is 11.1. The summed E-state index contributed by atoms with van der Waals surface area (Å²) in [5.41, 5.74) is 7.29. The van der Waals surface area contributed by atoms with E-state index in [-0.39, 0.29) is 0 Å². The van der Waals surface area contributed by atoms with E-state index in [1.165, 1.54) is 12.0 Å². The van der Waals surface area contributed by atoms with Crippen LogP contribution in [-0.2, 0) is 0 Å². The molecule has 2 unspecified atom stereocenters.